The van der Waals surface area contributed by atoms with Gasteiger partial charge in [0, 0.05) is 38.0 Å². The Morgan fingerprint density at radius 3 is 2.65 bits per heavy atom. The maximum Gasteiger partial charge on any atom is 0.269 e. The molecule has 10 heteroatoms. The smallest absolute Gasteiger partial charge is 0.269 e. The average molecular weight is 459 g/mol. The van der Waals surface area contributed by atoms with E-state index in [1.165, 1.54) is 6.33 Å². The van der Waals surface area contributed by atoms with Crippen LogP contribution in [0.3, 0.4) is 0 Å². The number of methoxy groups -OCH3 is 1. The number of rotatable bonds is 9. The van der Waals surface area contributed by atoms with Crippen molar-refractivity contribution < 1.29 is 9.53 Å². The number of carbonyl (C=O) groups excluding carboxylic acids is 1. The van der Waals surface area contributed by atoms with Crippen molar-refractivity contribution in [2.75, 3.05) is 30.8 Å². The van der Waals surface area contributed by atoms with Crippen LogP contribution in [0.15, 0.2) is 61.1 Å². The summed E-state index contributed by atoms with van der Waals surface area (Å²) in [6.07, 6.45) is 3.21. The van der Waals surface area contributed by atoms with Crippen molar-refractivity contribution >= 4 is 23.4 Å². The van der Waals surface area contributed by atoms with Crippen LogP contribution in [0.2, 0.25) is 0 Å². The van der Waals surface area contributed by atoms with E-state index in [9.17, 15) is 4.79 Å². The number of hydrogen-bond acceptors (Lipinski definition) is 8. The molecule has 3 heterocycles. The van der Waals surface area contributed by atoms with E-state index in [4.69, 9.17) is 4.74 Å². The Hall–Kier alpha value is -4.47. The fourth-order valence-electron chi connectivity index (χ4n) is 3.32. The zero-order valence-corrected chi connectivity index (χ0v) is 19.2. The number of hydrogen-bond donors (Lipinski definition) is 3. The van der Waals surface area contributed by atoms with Gasteiger partial charge in [0.2, 0.25) is 0 Å². The summed E-state index contributed by atoms with van der Waals surface area (Å²) in [7, 11) is 3.36. The molecule has 0 unspecified atom stereocenters. The van der Waals surface area contributed by atoms with Crippen molar-refractivity contribution in [1.82, 2.24) is 30.0 Å². The minimum absolute atomic E-state index is 0.207. The molecule has 0 spiro atoms. The summed E-state index contributed by atoms with van der Waals surface area (Å²) in [5.74, 6) is 2.50. The first-order chi connectivity index (χ1) is 16.5. The van der Waals surface area contributed by atoms with E-state index >= 15 is 0 Å². The summed E-state index contributed by atoms with van der Waals surface area (Å²) < 4.78 is 6.84. The Kier molecular flexibility index (Phi) is 6.97. The second kappa shape index (κ2) is 10.4. The molecule has 0 fully saturated rings. The summed E-state index contributed by atoms with van der Waals surface area (Å²) in [4.78, 5) is 25.4. The van der Waals surface area contributed by atoms with Crippen LogP contribution in [0.25, 0.3) is 11.3 Å². The Balaban J connectivity index is 1.30. The molecule has 0 aliphatic carbocycles. The Labute approximate surface area is 197 Å². The van der Waals surface area contributed by atoms with Gasteiger partial charge in [0.1, 0.15) is 35.2 Å². The second-order valence-electron chi connectivity index (χ2n) is 7.58. The van der Waals surface area contributed by atoms with Gasteiger partial charge in [-0.2, -0.15) is 5.10 Å². The molecule has 0 aliphatic rings. The number of aromatic nitrogens is 5. The van der Waals surface area contributed by atoms with Crippen LogP contribution in [0.4, 0.5) is 17.5 Å². The summed E-state index contributed by atoms with van der Waals surface area (Å²) in [5, 5.41) is 13.7. The number of benzene rings is 1. The van der Waals surface area contributed by atoms with E-state index in [1.54, 1.807) is 37.2 Å². The van der Waals surface area contributed by atoms with E-state index in [0.29, 0.717) is 41.9 Å². The highest BCUT2D eigenvalue weighted by Crippen LogP contribution is 2.23. The van der Waals surface area contributed by atoms with Gasteiger partial charge in [-0.05, 0) is 42.8 Å². The number of ether oxygens (including phenoxy) is 1. The predicted molar refractivity (Wildman–Crippen MR) is 130 cm³/mol. The van der Waals surface area contributed by atoms with Gasteiger partial charge in [-0.3, -0.25) is 9.48 Å². The van der Waals surface area contributed by atoms with Crippen molar-refractivity contribution in [2.45, 2.75) is 6.92 Å². The van der Waals surface area contributed by atoms with Gasteiger partial charge < -0.3 is 20.7 Å². The largest absolute Gasteiger partial charge is 0.497 e. The van der Waals surface area contributed by atoms with Gasteiger partial charge in [0.25, 0.3) is 5.91 Å². The van der Waals surface area contributed by atoms with Gasteiger partial charge >= 0.3 is 0 Å². The number of nitrogens with one attached hydrogen (secondary N) is 3. The molecular formula is C24H26N8O2. The van der Waals surface area contributed by atoms with Gasteiger partial charge in [0.05, 0.1) is 12.8 Å². The monoisotopic (exact) mass is 458 g/mol. The van der Waals surface area contributed by atoms with Gasteiger partial charge in [-0.25, -0.2) is 15.0 Å². The van der Waals surface area contributed by atoms with Gasteiger partial charge in [-0.15, -0.1) is 0 Å². The zero-order chi connectivity index (χ0) is 23.9. The van der Waals surface area contributed by atoms with Gasteiger partial charge in [0.15, 0.2) is 0 Å². The highest BCUT2D eigenvalue weighted by atomic mass is 16.5. The molecule has 4 rings (SSSR count). The Morgan fingerprint density at radius 2 is 1.82 bits per heavy atom. The first kappa shape index (κ1) is 22.7. The standard InChI is InChI=1S/C24H26N8O2/c1-16-7-8-25-22(11-16)30-23-14-21(28-15-29-23)26-9-10-27-24(33)20-13-19(31-32(20)2)17-5-4-6-18(12-17)34-3/h4-8,11-15H,9-10H2,1-3H3,(H,27,33)(H2,25,26,28,29,30). The lowest BCUT2D eigenvalue weighted by Crippen LogP contribution is -2.30. The number of anilines is 3. The maximum absolute atomic E-state index is 12.7. The molecule has 0 atom stereocenters. The van der Waals surface area contributed by atoms with Crippen molar-refractivity contribution in [1.29, 1.82) is 0 Å². The summed E-state index contributed by atoms with van der Waals surface area (Å²) in [6, 6.07) is 15.0. The Bertz CT molecular complexity index is 1290. The summed E-state index contributed by atoms with van der Waals surface area (Å²) >= 11 is 0. The molecule has 4 aromatic rings. The molecular weight excluding hydrogens is 432 g/mol. The lowest BCUT2D eigenvalue weighted by Gasteiger charge is -2.09. The third-order valence-corrected chi connectivity index (χ3v) is 5.03. The molecule has 0 saturated carbocycles. The second-order valence-corrected chi connectivity index (χ2v) is 7.58. The molecule has 34 heavy (non-hydrogen) atoms. The highest BCUT2D eigenvalue weighted by Gasteiger charge is 2.14. The van der Waals surface area contributed by atoms with Crippen molar-refractivity contribution in [3.8, 4) is 17.0 Å². The molecule has 174 valence electrons. The molecule has 0 bridgehead atoms. The van der Waals surface area contributed by atoms with Crippen LogP contribution in [0.5, 0.6) is 5.75 Å². The molecule has 3 N–H and O–H groups in total. The van der Waals surface area contributed by atoms with Crippen LogP contribution in [-0.2, 0) is 7.05 Å². The molecule has 1 aromatic carbocycles. The van der Waals surface area contributed by atoms with E-state index < -0.39 is 0 Å². The van der Waals surface area contributed by atoms with E-state index in [2.05, 4.69) is 36.0 Å². The average Bonchev–Trinajstić information content (AvgIpc) is 3.24. The summed E-state index contributed by atoms with van der Waals surface area (Å²) in [5.41, 5.74) is 3.15. The SMILES string of the molecule is COc1cccc(-c2cc(C(=O)NCCNc3cc(Nc4cc(C)ccn4)ncn3)n(C)n2)c1. The molecule has 0 aliphatic heterocycles. The number of aryl methyl sites for hydroxylation is 2. The minimum atomic E-state index is -0.207. The fraction of sp³-hybridized carbons (Fsp3) is 0.208. The van der Waals surface area contributed by atoms with E-state index in [1.807, 2.05) is 43.3 Å². The lowest BCUT2D eigenvalue weighted by atomic mass is 10.1. The molecule has 10 nitrogen and oxygen atoms in total. The number of amides is 1. The van der Waals surface area contributed by atoms with Crippen LogP contribution < -0.4 is 20.7 Å². The zero-order valence-electron chi connectivity index (χ0n) is 19.2. The van der Waals surface area contributed by atoms with Crippen molar-refractivity contribution in [3.05, 3.63) is 72.3 Å². The normalized spacial score (nSPS) is 10.6. The quantitative estimate of drug-likeness (QED) is 0.327. The van der Waals surface area contributed by atoms with Crippen molar-refractivity contribution in [3.63, 3.8) is 0 Å². The lowest BCUT2D eigenvalue weighted by molar-refractivity contribution is 0.0946. The minimum Gasteiger partial charge on any atom is -0.497 e. The Morgan fingerprint density at radius 1 is 1.00 bits per heavy atom. The summed E-state index contributed by atoms with van der Waals surface area (Å²) in [6.45, 7) is 2.90. The topological polar surface area (TPSA) is 119 Å². The fourth-order valence-corrected chi connectivity index (χ4v) is 3.32. The first-order valence-electron chi connectivity index (χ1n) is 10.7. The van der Waals surface area contributed by atoms with Crippen molar-refractivity contribution in [2.24, 2.45) is 7.05 Å². The molecule has 0 radical (unpaired) electrons. The number of carbonyl (C=O) groups is 1. The maximum atomic E-state index is 12.7. The number of nitrogens with zero attached hydrogens (tertiary/aromatic N) is 5. The highest BCUT2D eigenvalue weighted by molar-refractivity contribution is 5.93. The van der Waals surface area contributed by atoms with Crippen LogP contribution in [0.1, 0.15) is 16.1 Å². The van der Waals surface area contributed by atoms with Crippen LogP contribution in [-0.4, -0.2) is 50.8 Å². The molecule has 0 saturated heterocycles. The first-order valence-corrected chi connectivity index (χ1v) is 10.7. The van der Waals surface area contributed by atoms with E-state index in [-0.39, 0.29) is 5.91 Å². The third-order valence-electron chi connectivity index (χ3n) is 5.03. The number of pyridine rings is 1. The van der Waals surface area contributed by atoms with Crippen LogP contribution >= 0.6 is 0 Å². The molecule has 3 aromatic heterocycles. The van der Waals surface area contributed by atoms with E-state index in [0.717, 1.165) is 16.9 Å². The molecule has 1 amide bonds. The van der Waals surface area contributed by atoms with Crippen LogP contribution in [0, 0.1) is 6.92 Å². The third kappa shape index (κ3) is 5.66. The predicted octanol–water partition coefficient (Wildman–Crippen LogP) is 3.17. The van der Waals surface area contributed by atoms with Gasteiger partial charge in [-0.1, -0.05) is 12.1 Å².